The molecule has 0 bridgehead atoms. The maximum Gasteiger partial charge on any atom is 0.0737 e. The fourth-order valence-electron chi connectivity index (χ4n) is 3.03. The molecule has 4 nitrogen and oxygen atoms in total. The molecule has 1 unspecified atom stereocenters. The summed E-state index contributed by atoms with van der Waals surface area (Å²) in [5, 5.41) is 5.49. The van der Waals surface area contributed by atoms with Gasteiger partial charge in [0.05, 0.1) is 5.52 Å². The number of pyridine rings is 1. The lowest BCUT2D eigenvalue weighted by molar-refractivity contribution is 0.151. The standard InChI is InChI=1S/C18H25ClN4/c1-14(6-8-23-11-9-22(2)10-12-23)21-17-5-7-20-18-13-15(19)3-4-16(17)18/h3-5,7,13-14H,6,8-12H2,1-2H3,(H,20,21). The Bertz CT molecular complexity index is 653. The number of halogens is 1. The van der Waals surface area contributed by atoms with Gasteiger partial charge < -0.3 is 15.1 Å². The van der Waals surface area contributed by atoms with Gasteiger partial charge in [0, 0.05) is 61.1 Å². The maximum absolute atomic E-state index is 6.05. The van der Waals surface area contributed by atoms with Crippen molar-refractivity contribution in [3.05, 3.63) is 35.5 Å². The topological polar surface area (TPSA) is 31.4 Å². The van der Waals surface area contributed by atoms with Crippen LogP contribution in [0.15, 0.2) is 30.5 Å². The highest BCUT2D eigenvalue weighted by Crippen LogP contribution is 2.25. The average molecular weight is 333 g/mol. The largest absolute Gasteiger partial charge is 0.382 e. The van der Waals surface area contributed by atoms with Crippen LogP contribution in [0.2, 0.25) is 5.02 Å². The summed E-state index contributed by atoms with van der Waals surface area (Å²) in [6.45, 7) is 8.12. The van der Waals surface area contributed by atoms with Crippen molar-refractivity contribution in [1.29, 1.82) is 0 Å². The van der Waals surface area contributed by atoms with E-state index in [4.69, 9.17) is 11.6 Å². The van der Waals surface area contributed by atoms with E-state index in [0.717, 1.165) is 34.6 Å². The molecule has 5 heteroatoms. The number of fused-ring (bicyclic) bond motifs is 1. The first-order chi connectivity index (χ1) is 11.1. The molecule has 1 aromatic carbocycles. The Balaban J connectivity index is 1.58. The number of nitrogens with zero attached hydrogens (tertiary/aromatic N) is 3. The van der Waals surface area contributed by atoms with Gasteiger partial charge in [0.15, 0.2) is 0 Å². The highest BCUT2D eigenvalue weighted by atomic mass is 35.5. The molecule has 23 heavy (non-hydrogen) atoms. The molecular weight excluding hydrogens is 308 g/mol. The quantitative estimate of drug-likeness (QED) is 0.910. The van der Waals surface area contributed by atoms with E-state index in [1.807, 2.05) is 30.5 Å². The van der Waals surface area contributed by atoms with Crippen molar-refractivity contribution in [2.24, 2.45) is 0 Å². The third-order valence-electron chi connectivity index (χ3n) is 4.58. The number of aromatic nitrogens is 1. The molecule has 0 amide bonds. The Morgan fingerprint density at radius 3 is 2.78 bits per heavy atom. The van der Waals surface area contributed by atoms with Gasteiger partial charge in [-0.15, -0.1) is 0 Å². The number of rotatable bonds is 5. The summed E-state index contributed by atoms with van der Waals surface area (Å²) in [6.07, 6.45) is 2.98. The molecule has 1 aromatic heterocycles. The van der Waals surface area contributed by atoms with Gasteiger partial charge in [0.1, 0.15) is 0 Å². The lowest BCUT2D eigenvalue weighted by atomic mass is 10.1. The van der Waals surface area contributed by atoms with Crippen LogP contribution >= 0.6 is 11.6 Å². The third-order valence-corrected chi connectivity index (χ3v) is 4.82. The monoisotopic (exact) mass is 332 g/mol. The predicted molar refractivity (Wildman–Crippen MR) is 98.4 cm³/mol. The van der Waals surface area contributed by atoms with Gasteiger partial charge >= 0.3 is 0 Å². The molecule has 124 valence electrons. The van der Waals surface area contributed by atoms with Crippen LogP contribution in [0.25, 0.3) is 10.9 Å². The molecule has 0 saturated carbocycles. The lowest BCUT2D eigenvalue weighted by Gasteiger charge is -2.33. The van der Waals surface area contributed by atoms with E-state index in [-0.39, 0.29) is 0 Å². The van der Waals surface area contributed by atoms with Gasteiger partial charge in [-0.05, 0) is 44.7 Å². The molecule has 0 spiro atoms. The summed E-state index contributed by atoms with van der Waals surface area (Å²) in [5.41, 5.74) is 2.08. The van der Waals surface area contributed by atoms with Crippen molar-refractivity contribution < 1.29 is 0 Å². The van der Waals surface area contributed by atoms with Crippen molar-refractivity contribution in [2.45, 2.75) is 19.4 Å². The van der Waals surface area contributed by atoms with Gasteiger partial charge in [-0.3, -0.25) is 4.98 Å². The van der Waals surface area contributed by atoms with E-state index in [2.05, 4.69) is 34.1 Å². The molecule has 3 rings (SSSR count). The number of likely N-dealkylation sites (N-methyl/N-ethyl adjacent to an activating group) is 1. The lowest BCUT2D eigenvalue weighted by Crippen LogP contribution is -2.45. The average Bonchev–Trinajstić information content (AvgIpc) is 2.54. The molecule has 2 aromatic rings. The van der Waals surface area contributed by atoms with Gasteiger partial charge in [-0.1, -0.05) is 11.6 Å². The van der Waals surface area contributed by atoms with E-state index in [1.165, 1.54) is 26.2 Å². The van der Waals surface area contributed by atoms with Crippen LogP contribution in [0.5, 0.6) is 0 Å². The molecule has 1 aliphatic rings. The SMILES string of the molecule is CC(CCN1CCN(C)CC1)Nc1ccnc2cc(Cl)ccc12. The summed E-state index contributed by atoms with van der Waals surface area (Å²) < 4.78 is 0. The van der Waals surface area contributed by atoms with Gasteiger partial charge in [0.2, 0.25) is 0 Å². The number of benzene rings is 1. The van der Waals surface area contributed by atoms with E-state index < -0.39 is 0 Å². The first-order valence-electron chi connectivity index (χ1n) is 8.33. The molecular formula is C18H25ClN4. The van der Waals surface area contributed by atoms with Crippen molar-refractivity contribution in [2.75, 3.05) is 45.1 Å². The van der Waals surface area contributed by atoms with Crippen molar-refractivity contribution in [3.63, 3.8) is 0 Å². The summed E-state index contributed by atoms with van der Waals surface area (Å²) in [5.74, 6) is 0. The van der Waals surface area contributed by atoms with E-state index in [9.17, 15) is 0 Å². The Morgan fingerprint density at radius 2 is 2.00 bits per heavy atom. The van der Waals surface area contributed by atoms with Gasteiger partial charge in [-0.25, -0.2) is 0 Å². The molecule has 1 aliphatic heterocycles. The highest BCUT2D eigenvalue weighted by molar-refractivity contribution is 6.31. The second-order valence-electron chi connectivity index (χ2n) is 6.50. The summed E-state index contributed by atoms with van der Waals surface area (Å²) in [6, 6.07) is 8.35. The number of anilines is 1. The summed E-state index contributed by atoms with van der Waals surface area (Å²) in [7, 11) is 2.20. The van der Waals surface area contributed by atoms with Crippen LogP contribution in [0.4, 0.5) is 5.69 Å². The number of piperazine rings is 1. The number of hydrogen-bond donors (Lipinski definition) is 1. The van der Waals surface area contributed by atoms with Gasteiger partial charge in [-0.2, -0.15) is 0 Å². The zero-order chi connectivity index (χ0) is 16.2. The van der Waals surface area contributed by atoms with Crippen molar-refractivity contribution >= 4 is 28.2 Å². The second kappa shape index (κ2) is 7.47. The zero-order valence-electron chi connectivity index (χ0n) is 13.9. The third kappa shape index (κ3) is 4.34. The zero-order valence-corrected chi connectivity index (χ0v) is 14.7. The van der Waals surface area contributed by atoms with Crippen LogP contribution in [-0.4, -0.2) is 60.6 Å². The van der Waals surface area contributed by atoms with Crippen molar-refractivity contribution in [1.82, 2.24) is 14.8 Å². The second-order valence-corrected chi connectivity index (χ2v) is 6.94. The van der Waals surface area contributed by atoms with Crippen LogP contribution in [-0.2, 0) is 0 Å². The minimum absolute atomic E-state index is 0.427. The van der Waals surface area contributed by atoms with Crippen LogP contribution < -0.4 is 5.32 Å². The number of nitrogens with one attached hydrogen (secondary N) is 1. The minimum atomic E-state index is 0.427. The molecule has 1 atom stereocenters. The Kier molecular flexibility index (Phi) is 5.36. The first kappa shape index (κ1) is 16.5. The molecule has 1 fully saturated rings. The minimum Gasteiger partial charge on any atom is -0.382 e. The molecule has 2 heterocycles. The Labute approximate surface area is 143 Å². The summed E-state index contributed by atoms with van der Waals surface area (Å²) in [4.78, 5) is 9.35. The Morgan fingerprint density at radius 1 is 1.22 bits per heavy atom. The van der Waals surface area contributed by atoms with E-state index >= 15 is 0 Å². The fourth-order valence-corrected chi connectivity index (χ4v) is 3.20. The van der Waals surface area contributed by atoms with Crippen LogP contribution in [0, 0.1) is 0 Å². The fraction of sp³-hybridized carbons (Fsp3) is 0.500. The molecule has 1 saturated heterocycles. The Hall–Kier alpha value is -1.36. The smallest absolute Gasteiger partial charge is 0.0737 e. The number of hydrogen-bond acceptors (Lipinski definition) is 4. The molecule has 1 N–H and O–H groups in total. The normalized spacial score (nSPS) is 18.2. The molecule has 0 radical (unpaired) electrons. The highest BCUT2D eigenvalue weighted by Gasteiger charge is 2.14. The van der Waals surface area contributed by atoms with E-state index in [0.29, 0.717) is 6.04 Å². The van der Waals surface area contributed by atoms with Crippen LogP contribution in [0.1, 0.15) is 13.3 Å². The maximum atomic E-state index is 6.05. The van der Waals surface area contributed by atoms with Crippen molar-refractivity contribution in [3.8, 4) is 0 Å². The molecule has 0 aliphatic carbocycles. The van der Waals surface area contributed by atoms with Crippen LogP contribution in [0.3, 0.4) is 0 Å². The summed E-state index contributed by atoms with van der Waals surface area (Å²) >= 11 is 6.05. The van der Waals surface area contributed by atoms with Gasteiger partial charge in [0.25, 0.3) is 0 Å². The van der Waals surface area contributed by atoms with E-state index in [1.54, 1.807) is 0 Å². The first-order valence-corrected chi connectivity index (χ1v) is 8.71. The predicted octanol–water partition coefficient (Wildman–Crippen LogP) is 3.33.